The summed E-state index contributed by atoms with van der Waals surface area (Å²) in [4.78, 5) is 30.9. The zero-order valence-electron chi connectivity index (χ0n) is 20.1. The van der Waals surface area contributed by atoms with Crippen LogP contribution in [-0.4, -0.2) is 25.0 Å². The van der Waals surface area contributed by atoms with Crippen molar-refractivity contribution in [1.82, 2.24) is 0 Å². The molecule has 0 saturated carbocycles. The second kappa shape index (κ2) is 10.6. The van der Waals surface area contributed by atoms with Crippen molar-refractivity contribution in [3.05, 3.63) is 90.0 Å². The molecule has 34 heavy (non-hydrogen) atoms. The molecule has 3 aromatic carbocycles. The Kier molecular flexibility index (Phi) is 7.31. The summed E-state index contributed by atoms with van der Waals surface area (Å²) in [5.74, 6) is 0.692. The molecule has 0 N–H and O–H groups in total. The van der Waals surface area contributed by atoms with Crippen LogP contribution in [0, 0.1) is 0 Å². The van der Waals surface area contributed by atoms with E-state index < -0.39 is 0 Å². The zero-order valence-corrected chi connectivity index (χ0v) is 20.1. The number of benzene rings is 3. The number of para-hydroxylation sites is 2. The van der Waals surface area contributed by atoms with Crippen molar-refractivity contribution in [1.29, 1.82) is 0 Å². The molecule has 0 aliphatic carbocycles. The Bertz CT molecular complexity index is 1140. The Morgan fingerprint density at radius 2 is 1.74 bits per heavy atom. The minimum atomic E-state index is -0.206. The molecule has 1 aliphatic heterocycles. The van der Waals surface area contributed by atoms with E-state index >= 15 is 0 Å². The van der Waals surface area contributed by atoms with Gasteiger partial charge in [-0.3, -0.25) is 9.59 Å². The molecule has 176 valence electrons. The minimum absolute atomic E-state index is 0.0337. The molecular formula is C29H32N2O3. The van der Waals surface area contributed by atoms with E-state index in [1.54, 1.807) is 13.2 Å². The van der Waals surface area contributed by atoms with Crippen LogP contribution in [0.2, 0.25) is 0 Å². The van der Waals surface area contributed by atoms with Gasteiger partial charge in [0.25, 0.3) is 5.91 Å². The normalized spacial score (nSPS) is 17.1. The number of nitrogens with zero attached hydrogens (tertiary/aromatic N) is 2. The predicted octanol–water partition coefficient (Wildman–Crippen LogP) is 6.40. The largest absolute Gasteiger partial charge is 0.497 e. The number of methoxy groups -OCH3 is 1. The van der Waals surface area contributed by atoms with Gasteiger partial charge >= 0.3 is 0 Å². The fourth-order valence-electron chi connectivity index (χ4n) is 4.78. The summed E-state index contributed by atoms with van der Waals surface area (Å²) in [5.41, 5.74) is 3.28. The lowest BCUT2D eigenvalue weighted by Crippen LogP contribution is -2.47. The Labute approximate surface area is 202 Å². The first-order valence-electron chi connectivity index (χ1n) is 12.0. The molecule has 0 fully saturated rings. The monoisotopic (exact) mass is 456 g/mol. The second-order valence-corrected chi connectivity index (χ2v) is 8.77. The molecule has 0 spiro atoms. The standard InChI is InChI=1S/C29H32N2O3/c1-4-5-18-28(32)30-21(2)19-27(25-16-9-10-17-26(25)30)31(23-13-7-6-8-14-23)29(33)22-12-11-15-24(20-22)34-3/h6-17,20-21,27H,4-5,18-19H2,1-3H3/t21-,27+/m0/s1. The molecule has 0 saturated heterocycles. The van der Waals surface area contributed by atoms with Crippen molar-refractivity contribution in [3.8, 4) is 5.75 Å². The van der Waals surface area contributed by atoms with Crippen LogP contribution in [0.4, 0.5) is 11.4 Å². The van der Waals surface area contributed by atoms with Gasteiger partial charge in [-0.1, -0.05) is 55.8 Å². The van der Waals surface area contributed by atoms with Crippen LogP contribution in [0.1, 0.15) is 61.5 Å². The molecule has 5 heteroatoms. The van der Waals surface area contributed by atoms with Crippen LogP contribution < -0.4 is 14.5 Å². The van der Waals surface area contributed by atoms with E-state index in [1.807, 2.05) is 82.6 Å². The molecule has 1 aliphatic rings. The third-order valence-corrected chi connectivity index (χ3v) is 6.45. The minimum Gasteiger partial charge on any atom is -0.497 e. The summed E-state index contributed by atoms with van der Waals surface area (Å²) in [6.07, 6.45) is 3.04. The number of hydrogen-bond donors (Lipinski definition) is 0. The van der Waals surface area contributed by atoms with E-state index in [1.165, 1.54) is 0 Å². The number of fused-ring (bicyclic) bond motifs is 1. The fraction of sp³-hybridized carbons (Fsp3) is 0.310. The summed E-state index contributed by atoms with van der Waals surface area (Å²) >= 11 is 0. The van der Waals surface area contributed by atoms with Crippen molar-refractivity contribution < 1.29 is 14.3 Å². The number of unbranched alkanes of at least 4 members (excludes halogenated alkanes) is 1. The molecular weight excluding hydrogens is 424 g/mol. The van der Waals surface area contributed by atoms with Gasteiger partial charge in [0.05, 0.1) is 13.2 Å². The van der Waals surface area contributed by atoms with Gasteiger partial charge in [0.1, 0.15) is 5.75 Å². The van der Waals surface area contributed by atoms with Crippen molar-refractivity contribution in [2.24, 2.45) is 0 Å². The highest BCUT2D eigenvalue weighted by Crippen LogP contribution is 2.43. The van der Waals surface area contributed by atoms with Crippen LogP contribution in [0.15, 0.2) is 78.9 Å². The molecule has 4 rings (SSSR count). The number of amides is 2. The Morgan fingerprint density at radius 1 is 1.00 bits per heavy atom. The van der Waals surface area contributed by atoms with Gasteiger partial charge in [-0.15, -0.1) is 0 Å². The first kappa shape index (κ1) is 23.6. The Hall–Kier alpha value is -3.60. The summed E-state index contributed by atoms with van der Waals surface area (Å²) in [6, 6.07) is 24.8. The van der Waals surface area contributed by atoms with Crippen molar-refractivity contribution in [2.45, 2.75) is 51.6 Å². The van der Waals surface area contributed by atoms with E-state index in [0.717, 1.165) is 29.8 Å². The van der Waals surface area contributed by atoms with Gasteiger partial charge < -0.3 is 14.5 Å². The Balaban J connectivity index is 1.80. The number of ether oxygens (including phenoxy) is 1. The van der Waals surface area contributed by atoms with Gasteiger partial charge in [0.2, 0.25) is 5.91 Å². The molecule has 2 amide bonds. The molecule has 0 bridgehead atoms. The van der Waals surface area contributed by atoms with Crippen LogP contribution >= 0.6 is 0 Å². The average Bonchev–Trinajstić information content (AvgIpc) is 2.88. The first-order valence-corrected chi connectivity index (χ1v) is 12.0. The smallest absolute Gasteiger partial charge is 0.258 e. The van der Waals surface area contributed by atoms with Gasteiger partial charge in [0, 0.05) is 29.4 Å². The van der Waals surface area contributed by atoms with E-state index in [9.17, 15) is 9.59 Å². The summed E-state index contributed by atoms with van der Waals surface area (Å²) < 4.78 is 5.37. The average molecular weight is 457 g/mol. The summed E-state index contributed by atoms with van der Waals surface area (Å²) in [6.45, 7) is 4.17. The quantitative estimate of drug-likeness (QED) is 0.413. The number of carbonyl (C=O) groups is 2. The number of carbonyl (C=O) groups excluding carboxylic acids is 2. The van der Waals surface area contributed by atoms with Crippen molar-refractivity contribution >= 4 is 23.2 Å². The van der Waals surface area contributed by atoms with E-state index in [4.69, 9.17) is 4.74 Å². The molecule has 1 heterocycles. The maximum Gasteiger partial charge on any atom is 0.258 e. The van der Waals surface area contributed by atoms with Crippen molar-refractivity contribution in [2.75, 3.05) is 16.9 Å². The van der Waals surface area contributed by atoms with E-state index in [2.05, 4.69) is 13.8 Å². The number of rotatable bonds is 7. The zero-order chi connectivity index (χ0) is 24.1. The number of anilines is 2. The summed E-state index contributed by atoms with van der Waals surface area (Å²) in [7, 11) is 1.60. The van der Waals surface area contributed by atoms with E-state index in [-0.39, 0.29) is 23.9 Å². The van der Waals surface area contributed by atoms with Crippen LogP contribution in [0.5, 0.6) is 5.75 Å². The second-order valence-electron chi connectivity index (χ2n) is 8.77. The highest BCUT2D eigenvalue weighted by Gasteiger charge is 2.38. The van der Waals surface area contributed by atoms with E-state index in [0.29, 0.717) is 24.2 Å². The number of hydrogen-bond acceptors (Lipinski definition) is 3. The van der Waals surface area contributed by atoms with Crippen LogP contribution in [0.3, 0.4) is 0 Å². The third kappa shape index (κ3) is 4.69. The van der Waals surface area contributed by atoms with Gasteiger partial charge in [-0.05, 0) is 61.7 Å². The lowest BCUT2D eigenvalue weighted by Gasteiger charge is -2.43. The van der Waals surface area contributed by atoms with Crippen LogP contribution in [-0.2, 0) is 4.79 Å². The molecule has 0 radical (unpaired) electrons. The first-order chi connectivity index (χ1) is 16.5. The molecule has 0 unspecified atom stereocenters. The molecule has 0 aromatic heterocycles. The highest BCUT2D eigenvalue weighted by atomic mass is 16.5. The molecule has 5 nitrogen and oxygen atoms in total. The van der Waals surface area contributed by atoms with Crippen molar-refractivity contribution in [3.63, 3.8) is 0 Å². The SMILES string of the molecule is CCCCC(=O)N1c2ccccc2[C@H](N(C(=O)c2cccc(OC)c2)c2ccccc2)C[C@@H]1C. The highest BCUT2D eigenvalue weighted by molar-refractivity contribution is 6.07. The lowest BCUT2D eigenvalue weighted by molar-refractivity contribution is -0.119. The fourth-order valence-corrected chi connectivity index (χ4v) is 4.78. The van der Waals surface area contributed by atoms with Crippen LogP contribution in [0.25, 0.3) is 0 Å². The molecule has 2 atom stereocenters. The maximum absolute atomic E-state index is 14.0. The van der Waals surface area contributed by atoms with Gasteiger partial charge in [-0.2, -0.15) is 0 Å². The van der Waals surface area contributed by atoms with Gasteiger partial charge in [0.15, 0.2) is 0 Å². The molecule has 3 aromatic rings. The summed E-state index contributed by atoms with van der Waals surface area (Å²) in [5, 5.41) is 0. The lowest BCUT2D eigenvalue weighted by atomic mass is 9.89. The maximum atomic E-state index is 14.0. The third-order valence-electron chi connectivity index (χ3n) is 6.45. The Morgan fingerprint density at radius 3 is 2.47 bits per heavy atom. The predicted molar refractivity (Wildman–Crippen MR) is 137 cm³/mol. The van der Waals surface area contributed by atoms with Gasteiger partial charge in [-0.25, -0.2) is 0 Å². The topological polar surface area (TPSA) is 49.9 Å².